The summed E-state index contributed by atoms with van der Waals surface area (Å²) in [6, 6.07) is 5.91. The highest BCUT2D eigenvalue weighted by Gasteiger charge is 2.38. The third kappa shape index (κ3) is 1.95. The van der Waals surface area contributed by atoms with Gasteiger partial charge in [-0.2, -0.15) is 0 Å². The average Bonchev–Trinajstić information content (AvgIpc) is 2.19. The van der Waals surface area contributed by atoms with Crippen LogP contribution >= 0.6 is 0 Å². The zero-order valence-electron chi connectivity index (χ0n) is 10.5. The highest BCUT2D eigenvalue weighted by molar-refractivity contribution is 5.80. The lowest BCUT2D eigenvalue weighted by atomic mass is 9.86. The minimum atomic E-state index is -0.976. The number of carboxylic acid groups (broad SMARTS) is 1. The van der Waals surface area contributed by atoms with Crippen LogP contribution in [0.25, 0.3) is 0 Å². The SMILES string of the molecule is Cc1ccc(C)c([C@@](C)(C(=O)O)N(C)C)c1. The number of aliphatic carboxylic acids is 1. The van der Waals surface area contributed by atoms with E-state index < -0.39 is 11.5 Å². The van der Waals surface area contributed by atoms with Gasteiger partial charge in [-0.15, -0.1) is 0 Å². The molecule has 0 amide bonds. The molecule has 88 valence electrons. The normalized spacial score (nSPS) is 14.9. The Morgan fingerprint density at radius 2 is 1.88 bits per heavy atom. The molecule has 0 heterocycles. The molecule has 0 spiro atoms. The van der Waals surface area contributed by atoms with Crippen LogP contribution < -0.4 is 0 Å². The summed E-state index contributed by atoms with van der Waals surface area (Å²) in [5.74, 6) is -0.828. The number of hydrogen-bond acceptors (Lipinski definition) is 2. The molecule has 1 aromatic carbocycles. The molecular formula is C13H19NO2. The lowest BCUT2D eigenvalue weighted by Crippen LogP contribution is -2.46. The lowest BCUT2D eigenvalue weighted by molar-refractivity contribution is -0.149. The van der Waals surface area contributed by atoms with Crippen LogP contribution in [-0.2, 0) is 10.3 Å². The van der Waals surface area contributed by atoms with Crippen LogP contribution in [0.3, 0.4) is 0 Å². The van der Waals surface area contributed by atoms with Crippen molar-refractivity contribution in [2.45, 2.75) is 26.3 Å². The second-order valence-electron chi connectivity index (χ2n) is 4.59. The molecule has 0 fully saturated rings. The van der Waals surface area contributed by atoms with E-state index in [4.69, 9.17) is 0 Å². The maximum absolute atomic E-state index is 11.5. The number of carbonyl (C=O) groups is 1. The summed E-state index contributed by atoms with van der Waals surface area (Å²) in [7, 11) is 3.58. The Morgan fingerprint density at radius 1 is 1.31 bits per heavy atom. The first-order chi connectivity index (χ1) is 7.30. The molecule has 1 aromatic rings. The van der Waals surface area contributed by atoms with Gasteiger partial charge in [-0.3, -0.25) is 4.90 Å². The van der Waals surface area contributed by atoms with Crippen LogP contribution in [0.1, 0.15) is 23.6 Å². The van der Waals surface area contributed by atoms with Gasteiger partial charge in [-0.05, 0) is 46.0 Å². The van der Waals surface area contributed by atoms with Gasteiger partial charge in [-0.25, -0.2) is 4.79 Å². The molecule has 0 unspecified atom stereocenters. The van der Waals surface area contributed by atoms with Gasteiger partial charge >= 0.3 is 5.97 Å². The van der Waals surface area contributed by atoms with Crippen LogP contribution in [0, 0.1) is 13.8 Å². The van der Waals surface area contributed by atoms with Crippen molar-refractivity contribution >= 4 is 5.97 Å². The van der Waals surface area contributed by atoms with Gasteiger partial charge in [0.15, 0.2) is 0 Å². The minimum absolute atomic E-state index is 0.828. The van der Waals surface area contributed by atoms with Crippen molar-refractivity contribution in [3.05, 3.63) is 34.9 Å². The van der Waals surface area contributed by atoms with E-state index in [-0.39, 0.29) is 0 Å². The second kappa shape index (κ2) is 4.26. The summed E-state index contributed by atoms with van der Waals surface area (Å²) >= 11 is 0. The number of carboxylic acids is 1. The van der Waals surface area contributed by atoms with Crippen molar-refractivity contribution in [1.29, 1.82) is 0 Å². The number of aryl methyl sites for hydroxylation is 2. The smallest absolute Gasteiger partial charge is 0.328 e. The molecule has 0 bridgehead atoms. The zero-order chi connectivity index (χ0) is 12.5. The van der Waals surface area contributed by atoms with E-state index in [0.29, 0.717) is 0 Å². The largest absolute Gasteiger partial charge is 0.480 e. The Kier molecular flexibility index (Phi) is 3.38. The Balaban J connectivity index is 3.43. The third-order valence-electron chi connectivity index (χ3n) is 3.23. The van der Waals surface area contributed by atoms with Crippen LogP contribution in [0.4, 0.5) is 0 Å². The molecule has 1 N–H and O–H groups in total. The average molecular weight is 221 g/mol. The predicted octanol–water partition coefficient (Wildman–Crippen LogP) is 2.16. The maximum Gasteiger partial charge on any atom is 0.328 e. The zero-order valence-corrected chi connectivity index (χ0v) is 10.5. The van der Waals surface area contributed by atoms with E-state index in [9.17, 15) is 9.90 Å². The molecule has 0 aliphatic carbocycles. The minimum Gasteiger partial charge on any atom is -0.480 e. The summed E-state index contributed by atoms with van der Waals surface area (Å²) in [6.07, 6.45) is 0. The Labute approximate surface area is 96.7 Å². The second-order valence-corrected chi connectivity index (χ2v) is 4.59. The van der Waals surface area contributed by atoms with Gasteiger partial charge in [0.2, 0.25) is 0 Å². The number of hydrogen-bond donors (Lipinski definition) is 1. The first-order valence-corrected chi connectivity index (χ1v) is 5.28. The molecule has 0 radical (unpaired) electrons. The fourth-order valence-electron chi connectivity index (χ4n) is 1.81. The Morgan fingerprint density at radius 3 is 2.31 bits per heavy atom. The number of rotatable bonds is 3. The first-order valence-electron chi connectivity index (χ1n) is 5.28. The highest BCUT2D eigenvalue weighted by Crippen LogP contribution is 2.29. The number of likely N-dealkylation sites (N-methyl/N-ethyl adjacent to an activating group) is 1. The van der Waals surface area contributed by atoms with Crippen molar-refractivity contribution in [1.82, 2.24) is 4.90 Å². The molecule has 1 rings (SSSR count). The summed E-state index contributed by atoms with van der Waals surface area (Å²) in [4.78, 5) is 13.2. The van der Waals surface area contributed by atoms with E-state index in [2.05, 4.69) is 0 Å². The van der Waals surface area contributed by atoms with E-state index in [1.807, 2.05) is 32.0 Å². The van der Waals surface area contributed by atoms with Crippen LogP contribution in [-0.4, -0.2) is 30.1 Å². The maximum atomic E-state index is 11.5. The third-order valence-corrected chi connectivity index (χ3v) is 3.23. The van der Waals surface area contributed by atoms with Crippen molar-refractivity contribution in [2.24, 2.45) is 0 Å². The van der Waals surface area contributed by atoms with Crippen LogP contribution in [0.15, 0.2) is 18.2 Å². The number of nitrogens with zero attached hydrogens (tertiary/aromatic N) is 1. The van der Waals surface area contributed by atoms with Gasteiger partial charge < -0.3 is 5.11 Å². The van der Waals surface area contributed by atoms with Crippen molar-refractivity contribution in [3.63, 3.8) is 0 Å². The fourth-order valence-corrected chi connectivity index (χ4v) is 1.81. The fraction of sp³-hybridized carbons (Fsp3) is 0.462. The summed E-state index contributed by atoms with van der Waals surface area (Å²) < 4.78 is 0. The van der Waals surface area contributed by atoms with E-state index >= 15 is 0 Å². The van der Waals surface area contributed by atoms with Gasteiger partial charge in [0.05, 0.1) is 0 Å². The van der Waals surface area contributed by atoms with Crippen LogP contribution in [0.5, 0.6) is 0 Å². The molecule has 0 aromatic heterocycles. The molecule has 0 saturated carbocycles. The summed E-state index contributed by atoms with van der Waals surface area (Å²) in [5.41, 5.74) is 1.96. The first kappa shape index (κ1) is 12.7. The van der Waals surface area contributed by atoms with E-state index in [1.54, 1.807) is 25.9 Å². The lowest BCUT2D eigenvalue weighted by Gasteiger charge is -2.34. The Bertz CT molecular complexity index is 412. The molecule has 0 aliphatic rings. The molecular weight excluding hydrogens is 202 g/mol. The van der Waals surface area contributed by atoms with Gasteiger partial charge in [-0.1, -0.05) is 23.8 Å². The molecule has 0 aliphatic heterocycles. The van der Waals surface area contributed by atoms with Crippen molar-refractivity contribution in [2.75, 3.05) is 14.1 Å². The monoisotopic (exact) mass is 221 g/mol. The quantitative estimate of drug-likeness (QED) is 0.850. The topological polar surface area (TPSA) is 40.5 Å². The van der Waals surface area contributed by atoms with Gasteiger partial charge in [0.25, 0.3) is 0 Å². The molecule has 16 heavy (non-hydrogen) atoms. The Hall–Kier alpha value is -1.35. The van der Waals surface area contributed by atoms with Crippen molar-refractivity contribution < 1.29 is 9.90 Å². The molecule has 3 heteroatoms. The standard InChI is InChI=1S/C13H19NO2/c1-9-6-7-10(2)11(8-9)13(3,12(15)16)14(4)5/h6-8H,1-5H3,(H,15,16)/t13-/m0/s1. The summed E-state index contributed by atoms with van der Waals surface area (Å²) in [5, 5.41) is 9.43. The molecule has 1 atom stereocenters. The number of benzene rings is 1. The summed E-state index contributed by atoms with van der Waals surface area (Å²) in [6.45, 7) is 5.65. The molecule has 0 saturated heterocycles. The van der Waals surface area contributed by atoms with Crippen molar-refractivity contribution in [3.8, 4) is 0 Å². The van der Waals surface area contributed by atoms with E-state index in [0.717, 1.165) is 16.7 Å². The predicted molar refractivity (Wildman–Crippen MR) is 64.6 cm³/mol. The molecule has 3 nitrogen and oxygen atoms in total. The van der Waals surface area contributed by atoms with Crippen LogP contribution in [0.2, 0.25) is 0 Å². The van der Waals surface area contributed by atoms with Gasteiger partial charge in [0.1, 0.15) is 5.54 Å². The van der Waals surface area contributed by atoms with E-state index in [1.165, 1.54) is 0 Å². The van der Waals surface area contributed by atoms with Gasteiger partial charge in [0, 0.05) is 0 Å². The highest BCUT2D eigenvalue weighted by atomic mass is 16.4.